The summed E-state index contributed by atoms with van der Waals surface area (Å²) in [6.45, 7) is 0. The highest BCUT2D eigenvalue weighted by atomic mass is 35.5. The average Bonchev–Trinajstić information content (AvgIpc) is 2.73. The SMILES string of the molecule is COc1cc(C(=O)Nc2ccc3ccccc3c2)ccc1-c1ncccc1Cl. The zero-order chi connectivity index (χ0) is 19.5. The lowest BCUT2D eigenvalue weighted by Crippen LogP contribution is -2.12. The van der Waals surface area contributed by atoms with Gasteiger partial charge in [0.25, 0.3) is 5.91 Å². The zero-order valence-electron chi connectivity index (χ0n) is 15.1. The number of carbonyl (C=O) groups is 1. The number of carbonyl (C=O) groups excluding carboxylic acids is 1. The first-order valence-corrected chi connectivity index (χ1v) is 9.12. The fraction of sp³-hybridized carbons (Fsp3) is 0.0435. The molecule has 0 spiro atoms. The van der Waals surface area contributed by atoms with E-state index in [9.17, 15) is 4.79 Å². The summed E-state index contributed by atoms with van der Waals surface area (Å²) in [5.74, 6) is 0.319. The number of amides is 1. The minimum Gasteiger partial charge on any atom is -0.496 e. The van der Waals surface area contributed by atoms with Crippen molar-refractivity contribution in [2.75, 3.05) is 12.4 Å². The summed E-state index contributed by atoms with van der Waals surface area (Å²) in [5, 5.41) is 5.65. The zero-order valence-corrected chi connectivity index (χ0v) is 15.9. The van der Waals surface area contributed by atoms with Gasteiger partial charge in [-0.25, -0.2) is 0 Å². The number of anilines is 1. The lowest BCUT2D eigenvalue weighted by molar-refractivity contribution is 0.102. The third-order valence-electron chi connectivity index (χ3n) is 4.48. The lowest BCUT2D eigenvalue weighted by atomic mass is 10.1. The number of rotatable bonds is 4. The van der Waals surface area contributed by atoms with Crippen molar-refractivity contribution in [2.45, 2.75) is 0 Å². The Balaban J connectivity index is 1.63. The van der Waals surface area contributed by atoms with E-state index in [4.69, 9.17) is 16.3 Å². The monoisotopic (exact) mass is 388 g/mol. The lowest BCUT2D eigenvalue weighted by Gasteiger charge is -2.12. The maximum atomic E-state index is 12.7. The minimum atomic E-state index is -0.216. The summed E-state index contributed by atoms with van der Waals surface area (Å²) < 4.78 is 5.47. The number of halogens is 1. The smallest absolute Gasteiger partial charge is 0.255 e. The molecule has 4 aromatic rings. The molecule has 0 aliphatic rings. The van der Waals surface area contributed by atoms with Crippen LogP contribution in [0.25, 0.3) is 22.0 Å². The van der Waals surface area contributed by atoms with E-state index in [0.29, 0.717) is 22.0 Å². The van der Waals surface area contributed by atoms with Gasteiger partial charge in [0.2, 0.25) is 0 Å². The van der Waals surface area contributed by atoms with Crippen LogP contribution in [0.3, 0.4) is 0 Å². The fourth-order valence-electron chi connectivity index (χ4n) is 3.08. The number of nitrogens with zero attached hydrogens (tertiary/aromatic N) is 1. The summed E-state index contributed by atoms with van der Waals surface area (Å²) in [4.78, 5) is 17.0. The Labute approximate surface area is 167 Å². The average molecular weight is 389 g/mol. The number of pyridine rings is 1. The van der Waals surface area contributed by atoms with Gasteiger partial charge in [-0.3, -0.25) is 9.78 Å². The topological polar surface area (TPSA) is 51.2 Å². The van der Waals surface area contributed by atoms with Crippen molar-refractivity contribution in [1.82, 2.24) is 4.98 Å². The van der Waals surface area contributed by atoms with Gasteiger partial charge in [-0.2, -0.15) is 0 Å². The highest BCUT2D eigenvalue weighted by Crippen LogP contribution is 2.34. The molecular formula is C23H17ClN2O2. The van der Waals surface area contributed by atoms with Gasteiger partial charge in [0, 0.05) is 23.0 Å². The molecule has 1 heterocycles. The Bertz CT molecular complexity index is 1170. The van der Waals surface area contributed by atoms with E-state index in [0.717, 1.165) is 22.0 Å². The summed E-state index contributed by atoms with van der Waals surface area (Å²) in [7, 11) is 1.56. The van der Waals surface area contributed by atoms with Crippen molar-refractivity contribution in [3.8, 4) is 17.0 Å². The minimum absolute atomic E-state index is 0.216. The number of fused-ring (bicyclic) bond motifs is 1. The number of hydrogen-bond donors (Lipinski definition) is 1. The van der Waals surface area contributed by atoms with Crippen LogP contribution in [-0.2, 0) is 0 Å². The number of nitrogens with one attached hydrogen (secondary N) is 1. The molecule has 0 saturated carbocycles. The third-order valence-corrected chi connectivity index (χ3v) is 4.79. The molecule has 1 amide bonds. The quantitative estimate of drug-likeness (QED) is 0.479. The van der Waals surface area contributed by atoms with E-state index in [1.807, 2.05) is 42.5 Å². The maximum absolute atomic E-state index is 12.7. The molecule has 3 aromatic carbocycles. The predicted octanol–water partition coefficient (Wildman–Crippen LogP) is 5.82. The van der Waals surface area contributed by atoms with Crippen LogP contribution in [0.5, 0.6) is 5.75 Å². The van der Waals surface area contributed by atoms with E-state index < -0.39 is 0 Å². The van der Waals surface area contributed by atoms with Crippen LogP contribution in [0.1, 0.15) is 10.4 Å². The van der Waals surface area contributed by atoms with Crippen LogP contribution in [0, 0.1) is 0 Å². The second-order valence-corrected chi connectivity index (χ2v) is 6.67. The molecule has 28 heavy (non-hydrogen) atoms. The van der Waals surface area contributed by atoms with E-state index in [1.165, 1.54) is 0 Å². The molecule has 4 nitrogen and oxygen atoms in total. The van der Waals surface area contributed by atoms with Gasteiger partial charge in [-0.1, -0.05) is 41.9 Å². The number of aromatic nitrogens is 1. The highest BCUT2D eigenvalue weighted by molar-refractivity contribution is 6.33. The van der Waals surface area contributed by atoms with Crippen molar-refractivity contribution in [3.63, 3.8) is 0 Å². The highest BCUT2D eigenvalue weighted by Gasteiger charge is 2.14. The molecule has 1 aromatic heterocycles. The number of ether oxygens (including phenoxy) is 1. The number of benzene rings is 3. The molecule has 4 rings (SSSR count). The van der Waals surface area contributed by atoms with Crippen LogP contribution < -0.4 is 10.1 Å². The predicted molar refractivity (Wildman–Crippen MR) is 113 cm³/mol. The van der Waals surface area contributed by atoms with Crippen LogP contribution in [0.2, 0.25) is 5.02 Å². The Kier molecular flexibility index (Phi) is 4.96. The van der Waals surface area contributed by atoms with Crippen LogP contribution in [0.4, 0.5) is 5.69 Å². The van der Waals surface area contributed by atoms with Gasteiger partial charge in [0.15, 0.2) is 0 Å². The molecule has 0 aliphatic carbocycles. The van der Waals surface area contributed by atoms with Crippen molar-refractivity contribution >= 4 is 34.0 Å². The summed E-state index contributed by atoms with van der Waals surface area (Å²) in [6, 6.07) is 22.6. The molecule has 0 unspecified atom stereocenters. The standard InChI is InChI=1S/C23H17ClN2O2/c1-28-21-14-17(9-11-19(21)22-20(24)7-4-12-25-22)23(27)26-18-10-8-15-5-2-3-6-16(15)13-18/h2-14H,1H3,(H,26,27). The molecule has 0 bridgehead atoms. The Morgan fingerprint density at radius 2 is 1.79 bits per heavy atom. The molecule has 0 fully saturated rings. The molecule has 1 N–H and O–H groups in total. The second-order valence-electron chi connectivity index (χ2n) is 6.26. The fourth-order valence-corrected chi connectivity index (χ4v) is 3.31. The maximum Gasteiger partial charge on any atom is 0.255 e. The van der Waals surface area contributed by atoms with Crippen LogP contribution >= 0.6 is 11.6 Å². The Morgan fingerprint density at radius 3 is 2.57 bits per heavy atom. The molecule has 0 saturated heterocycles. The second kappa shape index (κ2) is 7.71. The van der Waals surface area contributed by atoms with Gasteiger partial charge < -0.3 is 10.1 Å². The Morgan fingerprint density at radius 1 is 0.964 bits per heavy atom. The van der Waals surface area contributed by atoms with Crippen molar-refractivity contribution in [3.05, 3.63) is 89.6 Å². The first kappa shape index (κ1) is 18.0. The summed E-state index contributed by atoms with van der Waals surface area (Å²) >= 11 is 6.25. The van der Waals surface area contributed by atoms with E-state index in [-0.39, 0.29) is 5.91 Å². The van der Waals surface area contributed by atoms with Gasteiger partial charge in [0.05, 0.1) is 17.8 Å². The molecule has 0 aliphatic heterocycles. The Hall–Kier alpha value is -3.37. The van der Waals surface area contributed by atoms with E-state index >= 15 is 0 Å². The van der Waals surface area contributed by atoms with Crippen molar-refractivity contribution < 1.29 is 9.53 Å². The van der Waals surface area contributed by atoms with Gasteiger partial charge in [0.1, 0.15) is 5.75 Å². The third kappa shape index (κ3) is 3.55. The van der Waals surface area contributed by atoms with Crippen LogP contribution in [-0.4, -0.2) is 18.0 Å². The molecule has 0 atom stereocenters. The van der Waals surface area contributed by atoms with Crippen molar-refractivity contribution in [1.29, 1.82) is 0 Å². The summed E-state index contributed by atoms with van der Waals surface area (Å²) in [5.41, 5.74) is 2.57. The number of hydrogen-bond acceptors (Lipinski definition) is 3. The van der Waals surface area contributed by atoms with Gasteiger partial charge in [-0.05, 0) is 53.2 Å². The first-order valence-electron chi connectivity index (χ1n) is 8.75. The van der Waals surface area contributed by atoms with Crippen molar-refractivity contribution in [2.24, 2.45) is 0 Å². The molecule has 138 valence electrons. The number of methoxy groups -OCH3 is 1. The van der Waals surface area contributed by atoms with Crippen LogP contribution in [0.15, 0.2) is 79.0 Å². The van der Waals surface area contributed by atoms with E-state index in [1.54, 1.807) is 43.6 Å². The van der Waals surface area contributed by atoms with Gasteiger partial charge in [-0.15, -0.1) is 0 Å². The molecule has 0 radical (unpaired) electrons. The first-order chi connectivity index (χ1) is 13.7. The normalized spacial score (nSPS) is 10.6. The molecular weight excluding hydrogens is 372 g/mol. The largest absolute Gasteiger partial charge is 0.496 e. The van der Waals surface area contributed by atoms with E-state index in [2.05, 4.69) is 10.3 Å². The summed E-state index contributed by atoms with van der Waals surface area (Å²) in [6.07, 6.45) is 1.67. The van der Waals surface area contributed by atoms with Gasteiger partial charge >= 0.3 is 0 Å². The molecule has 5 heteroatoms.